The van der Waals surface area contributed by atoms with Crippen LogP contribution in [0.15, 0.2) is 29.2 Å². The molecule has 3 aliphatic carbocycles. The standard InChI is InChI=1S/C27H27F7N6O3/c28-25(29)6-3-14(4-7-25)21(38-23(42)16-12-43-39-22(16)27(32,33)34)18-11-40-8-5-17(35-24(40)36-18)20(13-1-2-13)37-19(41)9-15-10-26(15,30)31/h5,8,11-15,20-21H,1-4,6-7,9-10H2,(H,37,41)(H,38,42)/t15-,20?,21-/m0/s1. The molecule has 3 saturated carbocycles. The van der Waals surface area contributed by atoms with Crippen molar-refractivity contribution in [3.8, 4) is 0 Å². The molecule has 3 fully saturated rings. The van der Waals surface area contributed by atoms with Gasteiger partial charge in [0.1, 0.15) is 11.8 Å². The lowest BCUT2D eigenvalue weighted by molar-refractivity contribution is -0.143. The molecule has 3 aromatic rings. The van der Waals surface area contributed by atoms with Crippen LogP contribution in [-0.2, 0) is 11.0 Å². The predicted molar refractivity (Wildman–Crippen MR) is 133 cm³/mol. The first-order valence-corrected chi connectivity index (χ1v) is 13.9. The van der Waals surface area contributed by atoms with Crippen molar-refractivity contribution in [2.45, 2.75) is 81.5 Å². The molecule has 43 heavy (non-hydrogen) atoms. The van der Waals surface area contributed by atoms with Crippen LogP contribution in [0.2, 0.25) is 0 Å². The van der Waals surface area contributed by atoms with Gasteiger partial charge in [-0.2, -0.15) is 13.2 Å². The first-order chi connectivity index (χ1) is 20.2. The lowest BCUT2D eigenvalue weighted by Gasteiger charge is -2.33. The normalized spacial score (nSPS) is 23.1. The first-order valence-electron chi connectivity index (χ1n) is 13.9. The van der Waals surface area contributed by atoms with Crippen LogP contribution >= 0.6 is 0 Å². The van der Waals surface area contributed by atoms with Crippen molar-refractivity contribution >= 4 is 17.6 Å². The summed E-state index contributed by atoms with van der Waals surface area (Å²) in [6, 6.07) is 0.0638. The Kier molecular flexibility index (Phi) is 7.15. The van der Waals surface area contributed by atoms with Crippen LogP contribution in [0.3, 0.4) is 0 Å². The van der Waals surface area contributed by atoms with Gasteiger partial charge in [-0.15, -0.1) is 0 Å². The topological polar surface area (TPSA) is 114 Å². The summed E-state index contributed by atoms with van der Waals surface area (Å²) in [6.45, 7) is 0. The molecule has 0 aromatic carbocycles. The smallest absolute Gasteiger partial charge is 0.363 e. The number of carbonyl (C=O) groups excluding carboxylic acids is 2. The average molecular weight is 617 g/mol. The molecule has 3 aromatic heterocycles. The quantitative estimate of drug-likeness (QED) is 0.301. The van der Waals surface area contributed by atoms with E-state index in [0.717, 1.165) is 12.8 Å². The number of hydrogen-bond donors (Lipinski definition) is 2. The lowest BCUT2D eigenvalue weighted by atomic mass is 9.81. The number of hydrogen-bond acceptors (Lipinski definition) is 6. The summed E-state index contributed by atoms with van der Waals surface area (Å²) in [5, 5.41) is 8.22. The summed E-state index contributed by atoms with van der Waals surface area (Å²) < 4.78 is 100. The van der Waals surface area contributed by atoms with Crippen molar-refractivity contribution in [2.75, 3.05) is 0 Å². The number of rotatable bonds is 9. The minimum Gasteiger partial charge on any atom is -0.363 e. The highest BCUT2D eigenvalue weighted by Gasteiger charge is 2.57. The van der Waals surface area contributed by atoms with Crippen LogP contribution in [0.5, 0.6) is 0 Å². The molecule has 3 heterocycles. The van der Waals surface area contributed by atoms with E-state index < -0.39 is 77.9 Å². The Hall–Kier alpha value is -3.72. The van der Waals surface area contributed by atoms with Gasteiger partial charge < -0.3 is 15.2 Å². The molecule has 6 rings (SSSR count). The zero-order valence-electron chi connectivity index (χ0n) is 22.5. The van der Waals surface area contributed by atoms with Gasteiger partial charge in [0, 0.05) is 44.0 Å². The van der Waals surface area contributed by atoms with Crippen LogP contribution in [0.4, 0.5) is 30.7 Å². The third-order valence-corrected chi connectivity index (χ3v) is 8.40. The maximum absolute atomic E-state index is 13.9. The van der Waals surface area contributed by atoms with Crippen molar-refractivity contribution < 1.29 is 44.8 Å². The molecule has 232 valence electrons. The van der Waals surface area contributed by atoms with E-state index >= 15 is 0 Å². The number of fused-ring (bicyclic) bond motifs is 1. The second kappa shape index (κ2) is 10.5. The van der Waals surface area contributed by atoms with E-state index in [-0.39, 0.29) is 43.1 Å². The van der Waals surface area contributed by atoms with Gasteiger partial charge >= 0.3 is 6.18 Å². The van der Waals surface area contributed by atoms with Gasteiger partial charge in [0.15, 0.2) is 5.69 Å². The Balaban J connectivity index is 1.26. The minimum absolute atomic E-state index is 0.0178. The van der Waals surface area contributed by atoms with Crippen LogP contribution in [0.25, 0.3) is 5.78 Å². The number of aromatic nitrogens is 4. The van der Waals surface area contributed by atoms with Gasteiger partial charge in [-0.1, -0.05) is 5.16 Å². The van der Waals surface area contributed by atoms with Crippen molar-refractivity contribution in [2.24, 2.45) is 17.8 Å². The van der Waals surface area contributed by atoms with Gasteiger partial charge in [-0.25, -0.2) is 27.5 Å². The SMILES string of the molecule is O=C(C[C@H]1CC1(F)F)NC(c1ccn2cc([C@@H](NC(=O)c3conc3C(F)(F)F)C3CCC(F)(F)CC3)nc2n1)C1CC1. The van der Waals surface area contributed by atoms with Gasteiger partial charge in [0.05, 0.1) is 23.5 Å². The number of carbonyl (C=O) groups is 2. The molecular weight excluding hydrogens is 589 g/mol. The van der Waals surface area contributed by atoms with E-state index in [1.165, 1.54) is 10.6 Å². The van der Waals surface area contributed by atoms with E-state index in [1.54, 1.807) is 12.3 Å². The number of amides is 2. The Bertz CT molecular complexity index is 1520. The van der Waals surface area contributed by atoms with Crippen LogP contribution in [0, 0.1) is 17.8 Å². The predicted octanol–water partition coefficient (Wildman–Crippen LogP) is 5.65. The van der Waals surface area contributed by atoms with Crippen molar-refractivity contribution in [3.05, 3.63) is 47.4 Å². The van der Waals surface area contributed by atoms with Crippen LogP contribution < -0.4 is 10.6 Å². The molecule has 0 spiro atoms. The second-order valence-electron chi connectivity index (χ2n) is 11.7. The molecule has 1 unspecified atom stereocenters. The molecule has 0 aliphatic heterocycles. The molecule has 2 N–H and O–H groups in total. The zero-order chi connectivity index (χ0) is 30.7. The highest BCUT2D eigenvalue weighted by Crippen LogP contribution is 2.51. The van der Waals surface area contributed by atoms with Crippen molar-refractivity contribution in [1.29, 1.82) is 0 Å². The third kappa shape index (κ3) is 6.32. The monoisotopic (exact) mass is 616 g/mol. The molecule has 9 nitrogen and oxygen atoms in total. The molecule has 0 saturated heterocycles. The minimum atomic E-state index is -4.96. The summed E-state index contributed by atoms with van der Waals surface area (Å²) in [5.74, 6) is -8.71. The fourth-order valence-corrected chi connectivity index (χ4v) is 5.69. The van der Waals surface area contributed by atoms with Gasteiger partial charge in [-0.05, 0) is 43.6 Å². The largest absolute Gasteiger partial charge is 0.437 e. The average Bonchev–Trinajstić information content (AvgIpc) is 3.71. The van der Waals surface area contributed by atoms with E-state index in [1.807, 2.05) is 0 Å². The van der Waals surface area contributed by atoms with E-state index in [9.17, 15) is 40.3 Å². The summed E-state index contributed by atoms with van der Waals surface area (Å²) in [6.07, 6.45) is -1.25. The molecule has 0 radical (unpaired) electrons. The van der Waals surface area contributed by atoms with E-state index in [0.29, 0.717) is 12.0 Å². The highest BCUT2D eigenvalue weighted by atomic mass is 19.4. The Morgan fingerprint density at radius 1 is 1.00 bits per heavy atom. The maximum Gasteiger partial charge on any atom is 0.437 e. The van der Waals surface area contributed by atoms with Crippen LogP contribution in [0.1, 0.15) is 90.9 Å². The summed E-state index contributed by atoms with van der Waals surface area (Å²) in [4.78, 5) is 34.5. The number of alkyl halides is 7. The first kappa shape index (κ1) is 29.4. The Labute approximate surface area is 239 Å². The number of nitrogens with zero attached hydrogens (tertiary/aromatic N) is 4. The summed E-state index contributed by atoms with van der Waals surface area (Å²) in [7, 11) is 0. The van der Waals surface area contributed by atoms with Gasteiger partial charge in [0.25, 0.3) is 11.8 Å². The van der Waals surface area contributed by atoms with E-state index in [4.69, 9.17) is 0 Å². The molecule has 2 amide bonds. The van der Waals surface area contributed by atoms with E-state index in [2.05, 4.69) is 30.3 Å². The molecular formula is C27H27F7N6O3. The fourth-order valence-electron chi connectivity index (χ4n) is 5.69. The summed E-state index contributed by atoms with van der Waals surface area (Å²) in [5.41, 5.74) is -1.73. The molecule has 3 atom stereocenters. The van der Waals surface area contributed by atoms with Crippen molar-refractivity contribution in [3.63, 3.8) is 0 Å². The van der Waals surface area contributed by atoms with Gasteiger partial charge in [-0.3, -0.25) is 14.0 Å². The fraction of sp³-hybridized carbons (Fsp3) is 0.593. The van der Waals surface area contributed by atoms with Crippen LogP contribution in [-0.4, -0.2) is 43.2 Å². The van der Waals surface area contributed by atoms with Gasteiger partial charge in [0.2, 0.25) is 17.6 Å². The zero-order valence-corrected chi connectivity index (χ0v) is 22.5. The second-order valence-corrected chi connectivity index (χ2v) is 11.7. The highest BCUT2D eigenvalue weighted by molar-refractivity contribution is 5.95. The Morgan fingerprint density at radius 3 is 2.26 bits per heavy atom. The number of halogens is 7. The van der Waals surface area contributed by atoms with Crippen molar-refractivity contribution in [1.82, 2.24) is 30.2 Å². The maximum atomic E-state index is 13.9. The Morgan fingerprint density at radius 2 is 1.63 bits per heavy atom. The molecule has 16 heteroatoms. The number of nitrogens with one attached hydrogen (secondary N) is 2. The molecule has 0 bridgehead atoms. The number of imidazole rings is 1. The molecule has 3 aliphatic rings. The third-order valence-electron chi connectivity index (χ3n) is 8.40. The summed E-state index contributed by atoms with van der Waals surface area (Å²) >= 11 is 0. The lowest BCUT2D eigenvalue weighted by Crippen LogP contribution is -2.37.